The van der Waals surface area contributed by atoms with Crippen LogP contribution in [0.4, 0.5) is 4.39 Å². The number of ether oxygens (including phenoxy) is 1. The quantitative estimate of drug-likeness (QED) is 0.678. The lowest BCUT2D eigenvalue weighted by Crippen LogP contribution is -2.17. The first-order valence-electron chi connectivity index (χ1n) is 6.02. The molecule has 2 rings (SSSR count). The molecule has 2 aromatic carbocycles. The summed E-state index contributed by atoms with van der Waals surface area (Å²) in [7, 11) is 1.58. The Kier molecular flexibility index (Phi) is 5.05. The van der Waals surface area contributed by atoms with Crippen LogP contribution in [0.25, 0.3) is 0 Å². The summed E-state index contributed by atoms with van der Waals surface area (Å²) in [5.41, 5.74) is 3.33. The van der Waals surface area contributed by atoms with Gasteiger partial charge in [-0.25, -0.2) is 9.82 Å². The highest BCUT2D eigenvalue weighted by atomic mass is 79.9. The highest BCUT2D eigenvalue weighted by molar-refractivity contribution is 9.10. The maximum atomic E-state index is 13.0. The zero-order valence-electron chi connectivity index (χ0n) is 11.1. The van der Waals surface area contributed by atoms with Gasteiger partial charge in [0.1, 0.15) is 11.6 Å². The summed E-state index contributed by atoms with van der Waals surface area (Å²) in [5, 5.41) is 3.84. The molecule has 0 unspecified atom stereocenters. The van der Waals surface area contributed by atoms with Gasteiger partial charge < -0.3 is 4.74 Å². The first-order valence-corrected chi connectivity index (χ1v) is 6.82. The summed E-state index contributed by atoms with van der Waals surface area (Å²) in [6, 6.07) is 10.8. The molecule has 0 radical (unpaired) electrons. The number of rotatable bonds is 4. The van der Waals surface area contributed by atoms with Crippen molar-refractivity contribution in [2.45, 2.75) is 0 Å². The fourth-order valence-electron chi connectivity index (χ4n) is 1.62. The summed E-state index contributed by atoms with van der Waals surface area (Å²) >= 11 is 3.36. The molecule has 0 saturated heterocycles. The van der Waals surface area contributed by atoms with Gasteiger partial charge in [-0.05, 0) is 57.9 Å². The largest absolute Gasteiger partial charge is 0.496 e. The highest BCUT2D eigenvalue weighted by Crippen LogP contribution is 2.24. The molecule has 2 aromatic rings. The van der Waals surface area contributed by atoms with Crippen LogP contribution in [0, 0.1) is 5.82 Å². The van der Waals surface area contributed by atoms with Crippen molar-refractivity contribution < 1.29 is 13.9 Å². The molecular weight excluding hydrogens is 339 g/mol. The van der Waals surface area contributed by atoms with Crippen LogP contribution in [0.2, 0.25) is 0 Å². The molecule has 1 N–H and O–H groups in total. The molecule has 0 spiro atoms. The van der Waals surface area contributed by atoms with Crippen molar-refractivity contribution in [3.63, 3.8) is 0 Å². The van der Waals surface area contributed by atoms with Crippen molar-refractivity contribution in [3.8, 4) is 5.75 Å². The lowest BCUT2D eigenvalue weighted by atomic mass is 10.2. The van der Waals surface area contributed by atoms with Crippen LogP contribution in [0.3, 0.4) is 0 Å². The summed E-state index contributed by atoms with van der Waals surface area (Å²) in [4.78, 5) is 11.7. The lowest BCUT2D eigenvalue weighted by Gasteiger charge is -2.03. The molecule has 4 nitrogen and oxygen atoms in total. The van der Waals surface area contributed by atoms with E-state index in [1.165, 1.54) is 24.4 Å². The third-order valence-electron chi connectivity index (χ3n) is 2.64. The van der Waals surface area contributed by atoms with Crippen LogP contribution >= 0.6 is 15.9 Å². The number of hydrogen-bond acceptors (Lipinski definition) is 3. The number of halogens is 2. The van der Waals surface area contributed by atoms with Crippen LogP contribution in [-0.4, -0.2) is 19.2 Å². The zero-order chi connectivity index (χ0) is 15.2. The van der Waals surface area contributed by atoms with Gasteiger partial charge in [0.05, 0.1) is 17.8 Å². The van der Waals surface area contributed by atoms with Gasteiger partial charge >= 0.3 is 0 Å². The Hall–Kier alpha value is -2.21. The molecule has 0 aliphatic heterocycles. The van der Waals surface area contributed by atoms with Gasteiger partial charge in [0.15, 0.2) is 0 Å². The molecule has 0 fully saturated rings. The third-order valence-corrected chi connectivity index (χ3v) is 3.26. The molecular formula is C15H12BrFN2O2. The van der Waals surface area contributed by atoms with Crippen LogP contribution in [0.1, 0.15) is 15.9 Å². The Morgan fingerprint density at radius 1 is 1.33 bits per heavy atom. The number of nitrogens with one attached hydrogen (secondary N) is 1. The number of hydrogen-bond donors (Lipinski definition) is 1. The maximum absolute atomic E-state index is 13.0. The van der Waals surface area contributed by atoms with Gasteiger partial charge in [0, 0.05) is 5.56 Å². The van der Waals surface area contributed by atoms with E-state index in [0.717, 1.165) is 16.1 Å². The predicted octanol–water partition coefficient (Wildman–Crippen LogP) is 3.36. The minimum Gasteiger partial charge on any atom is -0.496 e. The summed E-state index contributed by atoms with van der Waals surface area (Å²) in [6.07, 6.45) is 1.49. The topological polar surface area (TPSA) is 50.7 Å². The van der Waals surface area contributed by atoms with Gasteiger partial charge in [-0.3, -0.25) is 4.79 Å². The van der Waals surface area contributed by atoms with E-state index in [1.807, 2.05) is 0 Å². The second-order valence-corrected chi connectivity index (χ2v) is 4.96. The molecule has 0 saturated carbocycles. The molecule has 0 heterocycles. The van der Waals surface area contributed by atoms with Crippen molar-refractivity contribution >= 4 is 28.1 Å². The standard InChI is InChI=1S/C15H12BrFN2O2/c1-21-14-6-5-10(7-13(14)16)9-18-19-15(20)11-3-2-4-12(17)8-11/h2-9H,1H3,(H,19,20). The molecule has 6 heteroatoms. The summed E-state index contributed by atoms with van der Waals surface area (Å²) < 4.78 is 18.9. The Labute approximate surface area is 129 Å². The number of carbonyl (C=O) groups excluding carboxylic acids is 1. The van der Waals surface area contributed by atoms with Gasteiger partial charge in [-0.1, -0.05) is 6.07 Å². The van der Waals surface area contributed by atoms with Gasteiger partial charge in [-0.15, -0.1) is 0 Å². The monoisotopic (exact) mass is 350 g/mol. The number of amides is 1. The Morgan fingerprint density at radius 2 is 2.14 bits per heavy atom. The molecule has 108 valence electrons. The molecule has 0 bridgehead atoms. The Morgan fingerprint density at radius 3 is 2.81 bits per heavy atom. The van der Waals surface area contributed by atoms with Crippen LogP contribution in [0.5, 0.6) is 5.75 Å². The molecule has 21 heavy (non-hydrogen) atoms. The smallest absolute Gasteiger partial charge is 0.271 e. The van der Waals surface area contributed by atoms with Crippen LogP contribution < -0.4 is 10.2 Å². The third kappa shape index (κ3) is 4.13. The molecule has 0 aliphatic rings. The zero-order valence-corrected chi connectivity index (χ0v) is 12.7. The van der Waals surface area contributed by atoms with E-state index in [4.69, 9.17) is 4.74 Å². The maximum Gasteiger partial charge on any atom is 0.271 e. The molecule has 0 atom stereocenters. The lowest BCUT2D eigenvalue weighted by molar-refractivity contribution is 0.0954. The fourth-order valence-corrected chi connectivity index (χ4v) is 2.18. The van der Waals surface area contributed by atoms with Crippen molar-refractivity contribution in [2.75, 3.05) is 7.11 Å². The van der Waals surface area contributed by atoms with Crippen LogP contribution in [-0.2, 0) is 0 Å². The Bertz CT molecular complexity index is 689. The van der Waals surface area contributed by atoms with E-state index in [-0.39, 0.29) is 5.56 Å². The number of benzene rings is 2. The SMILES string of the molecule is COc1ccc(C=NNC(=O)c2cccc(F)c2)cc1Br. The summed E-state index contributed by atoms with van der Waals surface area (Å²) in [5.74, 6) is -0.236. The number of nitrogens with zero attached hydrogens (tertiary/aromatic N) is 1. The van der Waals surface area contributed by atoms with E-state index < -0.39 is 11.7 Å². The number of methoxy groups -OCH3 is 1. The number of carbonyl (C=O) groups is 1. The van der Waals surface area contributed by atoms with Crippen molar-refractivity contribution in [1.82, 2.24) is 5.43 Å². The van der Waals surface area contributed by atoms with E-state index in [1.54, 1.807) is 25.3 Å². The van der Waals surface area contributed by atoms with Gasteiger partial charge in [0.25, 0.3) is 5.91 Å². The van der Waals surface area contributed by atoms with Crippen molar-refractivity contribution in [1.29, 1.82) is 0 Å². The molecule has 1 amide bonds. The number of hydrazone groups is 1. The van der Waals surface area contributed by atoms with E-state index >= 15 is 0 Å². The Balaban J connectivity index is 2.02. The minimum atomic E-state index is -0.474. The molecule has 0 aromatic heterocycles. The first kappa shape index (κ1) is 15.2. The van der Waals surface area contributed by atoms with Crippen molar-refractivity contribution in [2.24, 2.45) is 5.10 Å². The highest BCUT2D eigenvalue weighted by Gasteiger charge is 2.04. The van der Waals surface area contributed by atoms with Crippen molar-refractivity contribution in [3.05, 3.63) is 63.9 Å². The van der Waals surface area contributed by atoms with E-state index in [9.17, 15) is 9.18 Å². The average Bonchev–Trinajstić information content (AvgIpc) is 2.47. The first-order chi connectivity index (χ1) is 10.1. The molecule has 0 aliphatic carbocycles. The fraction of sp³-hybridized carbons (Fsp3) is 0.0667. The predicted molar refractivity (Wildman–Crippen MR) is 82.2 cm³/mol. The second-order valence-electron chi connectivity index (χ2n) is 4.10. The van der Waals surface area contributed by atoms with E-state index in [0.29, 0.717) is 5.75 Å². The van der Waals surface area contributed by atoms with Gasteiger partial charge in [0.2, 0.25) is 0 Å². The van der Waals surface area contributed by atoms with Crippen LogP contribution in [0.15, 0.2) is 52.0 Å². The summed E-state index contributed by atoms with van der Waals surface area (Å²) in [6.45, 7) is 0. The minimum absolute atomic E-state index is 0.211. The average molecular weight is 351 g/mol. The normalized spacial score (nSPS) is 10.6. The van der Waals surface area contributed by atoms with Gasteiger partial charge in [-0.2, -0.15) is 5.10 Å². The second kappa shape index (κ2) is 6.99. The van der Waals surface area contributed by atoms with E-state index in [2.05, 4.69) is 26.5 Å².